The van der Waals surface area contributed by atoms with Crippen LogP contribution in [0.2, 0.25) is 0 Å². The number of carbonyl (C=O) groups is 1. The van der Waals surface area contributed by atoms with Crippen LogP contribution in [0.25, 0.3) is 10.9 Å². The summed E-state index contributed by atoms with van der Waals surface area (Å²) in [6, 6.07) is 6.94. The number of nitrogens with zero attached hydrogens (tertiary/aromatic N) is 2. The molecule has 1 amide bonds. The number of aromatic nitrogens is 1. The predicted octanol–water partition coefficient (Wildman–Crippen LogP) is 5.54. The Morgan fingerprint density at radius 1 is 1.28 bits per heavy atom. The minimum Gasteiger partial charge on any atom is -0.444 e. The molecule has 2 aromatic rings. The number of halogens is 1. The van der Waals surface area contributed by atoms with Crippen molar-refractivity contribution >= 4 is 32.9 Å². The summed E-state index contributed by atoms with van der Waals surface area (Å²) in [5, 5.41) is 1.33. The predicted molar refractivity (Wildman–Crippen MR) is 105 cm³/mol. The molecule has 1 fully saturated rings. The van der Waals surface area contributed by atoms with E-state index in [0.29, 0.717) is 6.04 Å². The first-order valence-electron chi connectivity index (χ1n) is 9.05. The Labute approximate surface area is 158 Å². The number of hydrogen-bond acceptors (Lipinski definition) is 2. The van der Waals surface area contributed by atoms with E-state index in [2.05, 4.69) is 51.8 Å². The number of hydrogen-bond donors (Lipinski definition) is 0. The molecule has 5 heteroatoms. The van der Waals surface area contributed by atoms with Gasteiger partial charge in [-0.2, -0.15) is 0 Å². The second kappa shape index (κ2) is 7.02. The molecule has 1 saturated heterocycles. The molecule has 0 bridgehead atoms. The van der Waals surface area contributed by atoms with Gasteiger partial charge >= 0.3 is 6.09 Å². The zero-order valence-electron chi connectivity index (χ0n) is 15.5. The van der Waals surface area contributed by atoms with Crippen molar-refractivity contribution in [1.29, 1.82) is 0 Å². The van der Waals surface area contributed by atoms with Crippen LogP contribution < -0.4 is 0 Å². The molecule has 0 unspecified atom stereocenters. The van der Waals surface area contributed by atoms with Crippen LogP contribution in [-0.2, 0) is 11.2 Å². The van der Waals surface area contributed by atoms with Crippen molar-refractivity contribution < 1.29 is 9.53 Å². The lowest BCUT2D eigenvalue weighted by atomic mass is 10.0. The molecule has 0 saturated carbocycles. The standard InChI is InChI=1S/C20H27BrN2O2/c1-5-14-13-23(18-7-6-15(21)12-17(14)18)16-8-10-22(11-9-16)19(24)25-20(2,3)4/h6-7,12-13,16H,5,8-11H2,1-4H3. The molecular weight excluding hydrogens is 380 g/mol. The molecule has 1 aliphatic rings. The number of likely N-dealkylation sites (tertiary alicyclic amines) is 1. The summed E-state index contributed by atoms with van der Waals surface area (Å²) in [7, 11) is 0. The fraction of sp³-hybridized carbons (Fsp3) is 0.550. The smallest absolute Gasteiger partial charge is 0.410 e. The fourth-order valence-electron chi connectivity index (χ4n) is 3.53. The Bertz CT molecular complexity index is 768. The molecule has 1 aromatic carbocycles. The molecule has 1 aromatic heterocycles. The van der Waals surface area contributed by atoms with E-state index in [4.69, 9.17) is 4.74 Å². The second-order valence-electron chi connectivity index (χ2n) is 7.78. The van der Waals surface area contributed by atoms with Crippen LogP contribution in [0.1, 0.15) is 52.1 Å². The van der Waals surface area contributed by atoms with E-state index >= 15 is 0 Å². The maximum absolute atomic E-state index is 12.2. The molecule has 0 spiro atoms. The van der Waals surface area contributed by atoms with Crippen LogP contribution in [0.15, 0.2) is 28.9 Å². The Morgan fingerprint density at radius 2 is 1.96 bits per heavy atom. The topological polar surface area (TPSA) is 34.5 Å². The number of aryl methyl sites for hydroxylation is 1. The third kappa shape index (κ3) is 4.02. The van der Waals surface area contributed by atoms with Crippen molar-refractivity contribution in [2.24, 2.45) is 0 Å². The summed E-state index contributed by atoms with van der Waals surface area (Å²) in [4.78, 5) is 14.1. The Morgan fingerprint density at radius 3 is 2.56 bits per heavy atom. The van der Waals surface area contributed by atoms with E-state index in [-0.39, 0.29) is 6.09 Å². The van der Waals surface area contributed by atoms with Crippen molar-refractivity contribution in [2.75, 3.05) is 13.1 Å². The largest absolute Gasteiger partial charge is 0.444 e. The van der Waals surface area contributed by atoms with Crippen molar-refractivity contribution in [2.45, 2.75) is 58.6 Å². The van der Waals surface area contributed by atoms with Gasteiger partial charge in [-0.3, -0.25) is 0 Å². The number of piperidine rings is 1. The van der Waals surface area contributed by atoms with Gasteiger partial charge in [-0.05, 0) is 63.8 Å². The normalized spacial score (nSPS) is 16.4. The average Bonchev–Trinajstić information content (AvgIpc) is 2.91. The number of carbonyl (C=O) groups excluding carboxylic acids is 1. The van der Waals surface area contributed by atoms with Crippen LogP contribution in [0.5, 0.6) is 0 Å². The average molecular weight is 407 g/mol. The van der Waals surface area contributed by atoms with Gasteiger partial charge in [0.05, 0.1) is 0 Å². The van der Waals surface area contributed by atoms with Crippen LogP contribution in [0, 0.1) is 0 Å². The molecule has 0 atom stereocenters. The highest BCUT2D eigenvalue weighted by Gasteiger charge is 2.28. The first-order valence-corrected chi connectivity index (χ1v) is 9.84. The lowest BCUT2D eigenvalue weighted by molar-refractivity contribution is 0.0189. The molecule has 25 heavy (non-hydrogen) atoms. The minimum absolute atomic E-state index is 0.193. The summed E-state index contributed by atoms with van der Waals surface area (Å²) in [6.07, 6.45) is 5.05. The molecule has 3 rings (SSSR count). The number of fused-ring (bicyclic) bond motifs is 1. The van der Waals surface area contributed by atoms with Gasteiger partial charge in [-0.25, -0.2) is 4.79 Å². The molecular formula is C20H27BrN2O2. The zero-order valence-corrected chi connectivity index (χ0v) is 17.1. The molecule has 4 nitrogen and oxygen atoms in total. The quantitative estimate of drug-likeness (QED) is 0.655. The highest BCUT2D eigenvalue weighted by Crippen LogP contribution is 2.32. The second-order valence-corrected chi connectivity index (χ2v) is 8.69. The van der Waals surface area contributed by atoms with E-state index in [0.717, 1.165) is 36.8 Å². The third-order valence-corrected chi connectivity index (χ3v) is 5.26. The van der Waals surface area contributed by atoms with Gasteiger partial charge in [0.15, 0.2) is 0 Å². The molecule has 2 heterocycles. The van der Waals surface area contributed by atoms with E-state index in [9.17, 15) is 4.79 Å². The van der Waals surface area contributed by atoms with Crippen LogP contribution in [-0.4, -0.2) is 34.3 Å². The number of benzene rings is 1. The number of rotatable bonds is 2. The van der Waals surface area contributed by atoms with E-state index < -0.39 is 5.60 Å². The molecule has 136 valence electrons. The third-order valence-electron chi connectivity index (χ3n) is 4.77. The van der Waals surface area contributed by atoms with Gasteiger partial charge in [-0.1, -0.05) is 22.9 Å². The van der Waals surface area contributed by atoms with Crippen molar-refractivity contribution in [3.63, 3.8) is 0 Å². The summed E-state index contributed by atoms with van der Waals surface area (Å²) in [6.45, 7) is 9.43. The van der Waals surface area contributed by atoms with Gasteiger partial charge in [0.25, 0.3) is 0 Å². The van der Waals surface area contributed by atoms with Gasteiger partial charge in [0.1, 0.15) is 5.60 Å². The minimum atomic E-state index is -0.437. The monoisotopic (exact) mass is 406 g/mol. The molecule has 0 aliphatic carbocycles. The Balaban J connectivity index is 1.75. The van der Waals surface area contributed by atoms with E-state index in [1.54, 1.807) is 0 Å². The molecule has 0 radical (unpaired) electrons. The maximum atomic E-state index is 12.2. The highest BCUT2D eigenvalue weighted by atomic mass is 79.9. The van der Waals surface area contributed by atoms with Crippen molar-refractivity contribution in [3.05, 3.63) is 34.4 Å². The fourth-order valence-corrected chi connectivity index (χ4v) is 3.90. The Hall–Kier alpha value is -1.49. The van der Waals surface area contributed by atoms with Crippen molar-refractivity contribution in [1.82, 2.24) is 9.47 Å². The SMILES string of the molecule is CCc1cn(C2CCN(C(=O)OC(C)(C)C)CC2)c2ccc(Br)cc12. The van der Waals surface area contributed by atoms with Gasteiger partial charge in [0.2, 0.25) is 0 Å². The number of amides is 1. The number of ether oxygens (including phenoxy) is 1. The zero-order chi connectivity index (χ0) is 18.2. The highest BCUT2D eigenvalue weighted by molar-refractivity contribution is 9.10. The summed E-state index contributed by atoms with van der Waals surface area (Å²) in [5.41, 5.74) is 2.23. The van der Waals surface area contributed by atoms with Gasteiger partial charge < -0.3 is 14.2 Å². The van der Waals surface area contributed by atoms with Crippen LogP contribution in [0.4, 0.5) is 4.79 Å². The summed E-state index contributed by atoms with van der Waals surface area (Å²) in [5.74, 6) is 0. The van der Waals surface area contributed by atoms with Crippen LogP contribution in [0.3, 0.4) is 0 Å². The first kappa shape index (κ1) is 18.3. The summed E-state index contributed by atoms with van der Waals surface area (Å²) >= 11 is 3.58. The van der Waals surface area contributed by atoms with Gasteiger partial charge in [0, 0.05) is 40.7 Å². The van der Waals surface area contributed by atoms with E-state index in [1.165, 1.54) is 16.5 Å². The van der Waals surface area contributed by atoms with Gasteiger partial charge in [-0.15, -0.1) is 0 Å². The van der Waals surface area contributed by atoms with Crippen molar-refractivity contribution in [3.8, 4) is 0 Å². The lowest BCUT2D eigenvalue weighted by Crippen LogP contribution is -2.42. The maximum Gasteiger partial charge on any atom is 0.410 e. The summed E-state index contributed by atoms with van der Waals surface area (Å²) < 4.78 is 9.03. The van der Waals surface area contributed by atoms with Crippen LogP contribution >= 0.6 is 15.9 Å². The lowest BCUT2D eigenvalue weighted by Gasteiger charge is -2.34. The molecule has 0 N–H and O–H groups in total. The Kier molecular flexibility index (Phi) is 5.14. The van der Waals surface area contributed by atoms with E-state index in [1.807, 2.05) is 25.7 Å². The first-order chi connectivity index (χ1) is 11.8. The molecule has 1 aliphatic heterocycles.